The van der Waals surface area contributed by atoms with Crippen molar-refractivity contribution in [1.82, 2.24) is 0 Å². The van der Waals surface area contributed by atoms with Crippen LogP contribution in [-0.2, 0) is 6.18 Å². The third kappa shape index (κ3) is 4.07. The highest BCUT2D eigenvalue weighted by Gasteiger charge is 2.29. The highest BCUT2D eigenvalue weighted by atomic mass is 19.4. The Morgan fingerprint density at radius 1 is 1.29 bits per heavy atom. The Kier molecular flexibility index (Phi) is 4.12. The van der Waals surface area contributed by atoms with Crippen molar-refractivity contribution in [2.75, 3.05) is 0 Å². The average Bonchev–Trinajstić information content (AvgIpc) is 2.25. The number of rotatable bonds is 3. The van der Waals surface area contributed by atoms with Gasteiger partial charge >= 0.3 is 6.18 Å². The monoisotopic (exact) mass is 242 g/mol. The number of hydrogen-bond donors (Lipinski definition) is 1. The maximum absolute atomic E-state index is 12.3. The topological polar surface area (TPSA) is 20.2 Å². The summed E-state index contributed by atoms with van der Waals surface area (Å²) in [7, 11) is 0. The van der Waals surface area contributed by atoms with Crippen molar-refractivity contribution in [1.29, 1.82) is 0 Å². The van der Waals surface area contributed by atoms with E-state index in [4.69, 9.17) is 0 Å². The smallest absolute Gasteiger partial charge is 0.385 e. The molecule has 1 N–H and O–H groups in total. The molecule has 1 aromatic rings. The number of halogens is 3. The molecule has 0 fully saturated rings. The molecule has 0 bridgehead atoms. The summed E-state index contributed by atoms with van der Waals surface area (Å²) in [5, 5.41) is 9.41. The summed E-state index contributed by atoms with van der Waals surface area (Å²) in [6.45, 7) is 5.23. The fraction of sp³-hybridized carbons (Fsp3) is 0.231. The zero-order valence-corrected chi connectivity index (χ0v) is 9.33. The highest BCUT2D eigenvalue weighted by molar-refractivity contribution is 5.51. The van der Waals surface area contributed by atoms with Gasteiger partial charge in [-0.15, -0.1) is 0 Å². The Balaban J connectivity index is 2.79. The van der Waals surface area contributed by atoms with Gasteiger partial charge in [-0.3, -0.25) is 0 Å². The van der Waals surface area contributed by atoms with Crippen molar-refractivity contribution >= 4 is 6.08 Å². The third-order valence-electron chi connectivity index (χ3n) is 2.21. The summed E-state index contributed by atoms with van der Waals surface area (Å²) in [5.41, 5.74) is 0.488. The van der Waals surface area contributed by atoms with Gasteiger partial charge in [0.05, 0.1) is 11.7 Å². The maximum atomic E-state index is 12.3. The molecule has 17 heavy (non-hydrogen) atoms. The van der Waals surface area contributed by atoms with Crippen molar-refractivity contribution in [2.24, 2.45) is 0 Å². The lowest BCUT2D eigenvalue weighted by Gasteiger charge is -2.06. The Labute approximate surface area is 97.9 Å². The summed E-state index contributed by atoms with van der Waals surface area (Å²) in [6, 6.07) is 4.72. The molecule has 92 valence electrons. The van der Waals surface area contributed by atoms with Crippen molar-refractivity contribution in [3.8, 4) is 0 Å². The van der Waals surface area contributed by atoms with Crippen molar-refractivity contribution < 1.29 is 18.3 Å². The van der Waals surface area contributed by atoms with E-state index in [2.05, 4.69) is 6.58 Å². The summed E-state index contributed by atoms with van der Waals surface area (Å²) in [6.07, 6.45) is -2.07. The van der Waals surface area contributed by atoms with Crippen LogP contribution >= 0.6 is 0 Å². The van der Waals surface area contributed by atoms with Crippen molar-refractivity contribution in [3.63, 3.8) is 0 Å². The minimum absolute atomic E-state index is 0.577. The first-order valence-corrected chi connectivity index (χ1v) is 4.99. The number of benzene rings is 1. The SMILES string of the molecule is C=C(C)C(O)/C=C/c1ccc(C(F)(F)F)cc1. The van der Waals surface area contributed by atoms with Gasteiger partial charge in [0.1, 0.15) is 0 Å². The van der Waals surface area contributed by atoms with E-state index >= 15 is 0 Å². The zero-order chi connectivity index (χ0) is 13.1. The van der Waals surface area contributed by atoms with Crippen LogP contribution in [0.5, 0.6) is 0 Å². The first-order valence-electron chi connectivity index (χ1n) is 4.99. The van der Waals surface area contributed by atoms with E-state index in [0.717, 1.165) is 12.1 Å². The van der Waals surface area contributed by atoms with Gasteiger partial charge in [0.15, 0.2) is 0 Å². The minimum atomic E-state index is -4.32. The zero-order valence-electron chi connectivity index (χ0n) is 9.33. The van der Waals surface area contributed by atoms with Gasteiger partial charge < -0.3 is 5.11 Å². The quantitative estimate of drug-likeness (QED) is 0.802. The molecule has 1 aromatic carbocycles. The van der Waals surface area contributed by atoms with Crippen LogP contribution in [0.2, 0.25) is 0 Å². The third-order valence-corrected chi connectivity index (χ3v) is 2.21. The molecule has 0 aliphatic carbocycles. The Morgan fingerprint density at radius 2 is 1.82 bits per heavy atom. The molecule has 0 radical (unpaired) electrons. The van der Waals surface area contributed by atoms with E-state index in [-0.39, 0.29) is 0 Å². The molecule has 1 unspecified atom stereocenters. The van der Waals surface area contributed by atoms with Crippen LogP contribution < -0.4 is 0 Å². The van der Waals surface area contributed by atoms with E-state index in [9.17, 15) is 18.3 Å². The van der Waals surface area contributed by atoms with Crippen LogP contribution in [0.1, 0.15) is 18.1 Å². The Bertz CT molecular complexity index is 415. The molecule has 1 atom stereocenters. The van der Waals surface area contributed by atoms with E-state index in [0.29, 0.717) is 11.1 Å². The van der Waals surface area contributed by atoms with Crippen molar-refractivity contribution in [3.05, 3.63) is 53.6 Å². The molecule has 0 aliphatic heterocycles. The molecule has 0 aliphatic rings. The van der Waals surface area contributed by atoms with Gasteiger partial charge in [0.2, 0.25) is 0 Å². The normalized spacial score (nSPS) is 13.9. The predicted octanol–water partition coefficient (Wildman–Crippen LogP) is 3.66. The van der Waals surface area contributed by atoms with Gasteiger partial charge in [0.25, 0.3) is 0 Å². The molecular formula is C13H13F3O. The van der Waals surface area contributed by atoms with Crippen LogP contribution in [0.4, 0.5) is 13.2 Å². The van der Waals surface area contributed by atoms with Gasteiger partial charge in [-0.25, -0.2) is 0 Å². The number of aliphatic hydroxyl groups excluding tert-OH is 1. The average molecular weight is 242 g/mol. The van der Waals surface area contributed by atoms with Crippen LogP contribution in [-0.4, -0.2) is 11.2 Å². The van der Waals surface area contributed by atoms with Gasteiger partial charge in [0, 0.05) is 0 Å². The van der Waals surface area contributed by atoms with Crippen LogP contribution in [0.25, 0.3) is 6.08 Å². The number of aliphatic hydroxyl groups is 1. The largest absolute Gasteiger partial charge is 0.416 e. The summed E-state index contributed by atoms with van der Waals surface area (Å²) in [5.74, 6) is 0. The molecule has 0 spiro atoms. The fourth-order valence-electron chi connectivity index (χ4n) is 1.15. The molecule has 1 nitrogen and oxygen atoms in total. The van der Waals surface area contributed by atoms with Gasteiger partial charge in [-0.1, -0.05) is 30.9 Å². The predicted molar refractivity (Wildman–Crippen MR) is 61.3 cm³/mol. The Morgan fingerprint density at radius 3 is 2.24 bits per heavy atom. The van der Waals surface area contributed by atoms with E-state index in [1.165, 1.54) is 18.2 Å². The summed E-state index contributed by atoms with van der Waals surface area (Å²) in [4.78, 5) is 0. The molecule has 0 saturated heterocycles. The first kappa shape index (κ1) is 13.5. The highest BCUT2D eigenvalue weighted by Crippen LogP contribution is 2.29. The lowest BCUT2D eigenvalue weighted by atomic mass is 10.1. The summed E-state index contributed by atoms with van der Waals surface area (Å²) < 4.78 is 36.8. The summed E-state index contributed by atoms with van der Waals surface area (Å²) >= 11 is 0. The number of alkyl halides is 3. The molecule has 1 rings (SSSR count). The lowest BCUT2D eigenvalue weighted by Crippen LogP contribution is -2.04. The van der Waals surface area contributed by atoms with E-state index in [1.54, 1.807) is 13.0 Å². The molecule has 0 heterocycles. The molecule has 0 amide bonds. The molecule has 0 saturated carbocycles. The minimum Gasteiger partial charge on any atom is -0.385 e. The first-order chi connectivity index (χ1) is 7.80. The van der Waals surface area contributed by atoms with Crippen molar-refractivity contribution in [2.45, 2.75) is 19.2 Å². The van der Waals surface area contributed by atoms with E-state index in [1.807, 2.05) is 0 Å². The fourth-order valence-corrected chi connectivity index (χ4v) is 1.15. The number of hydrogen-bond acceptors (Lipinski definition) is 1. The lowest BCUT2D eigenvalue weighted by molar-refractivity contribution is -0.137. The second-order valence-corrected chi connectivity index (χ2v) is 3.77. The van der Waals surface area contributed by atoms with Crippen LogP contribution in [0.3, 0.4) is 0 Å². The second kappa shape index (κ2) is 5.19. The van der Waals surface area contributed by atoms with Gasteiger partial charge in [-0.05, 0) is 30.2 Å². The van der Waals surface area contributed by atoms with E-state index < -0.39 is 17.8 Å². The standard InChI is InChI=1S/C13H13F3O/c1-9(2)12(17)8-5-10-3-6-11(7-4-10)13(14,15)16/h3-8,12,17H,1H2,2H3/b8-5+. The van der Waals surface area contributed by atoms with Crippen LogP contribution in [0, 0.1) is 0 Å². The van der Waals surface area contributed by atoms with Gasteiger partial charge in [-0.2, -0.15) is 13.2 Å². The molecular weight excluding hydrogens is 229 g/mol. The second-order valence-electron chi connectivity index (χ2n) is 3.77. The van der Waals surface area contributed by atoms with Crippen LogP contribution in [0.15, 0.2) is 42.5 Å². The maximum Gasteiger partial charge on any atom is 0.416 e. The molecule has 0 aromatic heterocycles. The Hall–Kier alpha value is -1.55. The molecule has 4 heteroatoms.